The Morgan fingerprint density at radius 3 is 2.66 bits per heavy atom. The van der Waals surface area contributed by atoms with Crippen molar-refractivity contribution >= 4 is 74.9 Å². The Balaban J connectivity index is 1.19. The number of fused-ring (bicyclic) bond motifs is 1. The third kappa shape index (κ3) is 6.85. The number of para-hydroxylation sites is 2. The van der Waals surface area contributed by atoms with Gasteiger partial charge in [-0.25, -0.2) is 4.98 Å². The zero-order chi connectivity index (χ0) is 27.1. The van der Waals surface area contributed by atoms with Crippen molar-refractivity contribution in [2.75, 3.05) is 26.5 Å². The lowest BCUT2D eigenvalue weighted by Gasteiger charge is -2.14. The lowest BCUT2D eigenvalue weighted by Crippen LogP contribution is -2.42. The number of carbonyl (C=O) groups excluding carboxylic acids is 3. The average Bonchev–Trinajstić information content (AvgIpc) is 3.46. The van der Waals surface area contributed by atoms with E-state index in [1.807, 2.05) is 30.3 Å². The van der Waals surface area contributed by atoms with Crippen LogP contribution in [0.4, 0.5) is 0 Å². The summed E-state index contributed by atoms with van der Waals surface area (Å²) >= 11 is 7.81. The molecule has 4 rings (SSSR count). The summed E-state index contributed by atoms with van der Waals surface area (Å²) in [5.74, 6) is 0.299. The molecule has 10 nitrogen and oxygen atoms in total. The van der Waals surface area contributed by atoms with Crippen LogP contribution in [0.15, 0.2) is 52.5 Å². The van der Waals surface area contributed by atoms with Gasteiger partial charge < -0.3 is 14.5 Å². The number of aromatic nitrogens is 2. The summed E-state index contributed by atoms with van der Waals surface area (Å²) in [6, 6.07) is 12.9. The Bertz CT molecular complexity index is 1370. The minimum Gasteiger partial charge on any atom is -0.493 e. The van der Waals surface area contributed by atoms with Crippen molar-refractivity contribution < 1.29 is 23.9 Å². The summed E-state index contributed by atoms with van der Waals surface area (Å²) in [4.78, 5) is 46.6. The lowest BCUT2D eigenvalue weighted by atomic mass is 10.2. The SMILES string of the molecule is COc1ccc(C=C2SC(=S)N(CCCC(=O)NNC(=O)CSc3nc4ccccc4[nH]3)C2=O)cc1OC. The first kappa shape index (κ1) is 27.5. The molecule has 13 heteroatoms. The summed E-state index contributed by atoms with van der Waals surface area (Å²) < 4.78 is 11.0. The first-order chi connectivity index (χ1) is 18.4. The van der Waals surface area contributed by atoms with Crippen LogP contribution in [-0.4, -0.2) is 63.4 Å². The van der Waals surface area contributed by atoms with E-state index in [2.05, 4.69) is 20.8 Å². The Kier molecular flexibility index (Phi) is 9.26. The molecule has 1 fully saturated rings. The summed E-state index contributed by atoms with van der Waals surface area (Å²) in [5, 5.41) is 0.622. The molecule has 0 radical (unpaired) electrons. The number of thioether (sulfide) groups is 2. The van der Waals surface area contributed by atoms with E-state index in [1.54, 1.807) is 32.4 Å². The van der Waals surface area contributed by atoms with Gasteiger partial charge in [0, 0.05) is 13.0 Å². The van der Waals surface area contributed by atoms with Crippen molar-refractivity contribution in [1.82, 2.24) is 25.7 Å². The molecular formula is C25H25N5O5S3. The van der Waals surface area contributed by atoms with Crippen molar-refractivity contribution in [3.63, 3.8) is 0 Å². The maximum absolute atomic E-state index is 12.9. The molecule has 0 bridgehead atoms. The van der Waals surface area contributed by atoms with Crippen molar-refractivity contribution in [3.05, 3.63) is 52.9 Å². The molecule has 38 heavy (non-hydrogen) atoms. The fraction of sp³-hybridized carbons (Fsp3) is 0.240. The zero-order valence-corrected chi connectivity index (χ0v) is 23.1. The fourth-order valence-electron chi connectivity index (χ4n) is 3.55. The highest BCUT2D eigenvalue weighted by Gasteiger charge is 2.31. The number of nitrogens with zero attached hydrogens (tertiary/aromatic N) is 2. The molecule has 3 aromatic rings. The van der Waals surface area contributed by atoms with Gasteiger partial charge in [0.2, 0.25) is 11.8 Å². The monoisotopic (exact) mass is 571 g/mol. The molecule has 0 atom stereocenters. The summed E-state index contributed by atoms with van der Waals surface area (Å²) in [5.41, 5.74) is 7.28. The maximum atomic E-state index is 12.9. The predicted molar refractivity (Wildman–Crippen MR) is 152 cm³/mol. The largest absolute Gasteiger partial charge is 0.493 e. The van der Waals surface area contributed by atoms with Crippen molar-refractivity contribution in [2.45, 2.75) is 18.0 Å². The molecule has 1 aromatic heterocycles. The van der Waals surface area contributed by atoms with E-state index in [4.69, 9.17) is 21.7 Å². The molecule has 3 N–H and O–H groups in total. The Morgan fingerprint density at radius 1 is 1.13 bits per heavy atom. The van der Waals surface area contributed by atoms with E-state index in [0.717, 1.165) is 16.6 Å². The molecule has 0 spiro atoms. The van der Waals surface area contributed by atoms with E-state index in [0.29, 0.717) is 32.3 Å². The lowest BCUT2D eigenvalue weighted by molar-refractivity contribution is -0.128. The predicted octanol–water partition coefficient (Wildman–Crippen LogP) is 3.50. The summed E-state index contributed by atoms with van der Waals surface area (Å²) in [6.07, 6.45) is 2.24. The third-order valence-corrected chi connectivity index (χ3v) is 7.66. The summed E-state index contributed by atoms with van der Waals surface area (Å²) in [6.45, 7) is 0.289. The van der Waals surface area contributed by atoms with Gasteiger partial charge in [0.05, 0.1) is 35.9 Å². The molecule has 1 saturated heterocycles. The number of ether oxygens (including phenoxy) is 2. The fourth-order valence-corrected chi connectivity index (χ4v) is 5.55. The Hall–Kier alpha value is -3.55. The van der Waals surface area contributed by atoms with Crippen LogP contribution in [0.25, 0.3) is 17.1 Å². The number of imidazole rings is 1. The van der Waals surface area contributed by atoms with Gasteiger partial charge in [0.15, 0.2) is 16.7 Å². The van der Waals surface area contributed by atoms with Gasteiger partial charge in [-0.1, -0.05) is 53.9 Å². The van der Waals surface area contributed by atoms with Gasteiger partial charge in [-0.3, -0.25) is 30.1 Å². The standard InChI is InChI=1S/C25H25N5O5S3/c1-34-18-10-9-15(12-19(18)35-2)13-20-23(33)30(25(36)38-20)11-5-8-21(31)28-29-22(32)14-37-24-26-16-6-3-4-7-17(16)27-24/h3-4,6-7,9-10,12-13H,5,8,11,14H2,1-2H3,(H,26,27)(H,28,31)(H,29,32). The van der Waals surface area contributed by atoms with Crippen LogP contribution in [-0.2, 0) is 14.4 Å². The van der Waals surface area contributed by atoms with Crippen molar-refractivity contribution in [1.29, 1.82) is 0 Å². The Morgan fingerprint density at radius 2 is 1.89 bits per heavy atom. The number of hydrogen-bond acceptors (Lipinski definition) is 9. The zero-order valence-electron chi connectivity index (χ0n) is 20.6. The van der Waals surface area contributed by atoms with Crippen LogP contribution in [0, 0.1) is 0 Å². The summed E-state index contributed by atoms with van der Waals surface area (Å²) in [7, 11) is 3.10. The number of hydrazine groups is 1. The molecular weight excluding hydrogens is 547 g/mol. The highest BCUT2D eigenvalue weighted by Crippen LogP contribution is 2.34. The second kappa shape index (κ2) is 12.8. The normalized spacial score (nSPS) is 14.3. The van der Waals surface area contributed by atoms with Gasteiger partial charge in [-0.15, -0.1) is 0 Å². The molecule has 198 valence electrons. The highest BCUT2D eigenvalue weighted by atomic mass is 32.2. The van der Waals surface area contributed by atoms with E-state index in [1.165, 1.54) is 28.4 Å². The van der Waals surface area contributed by atoms with E-state index in [-0.39, 0.29) is 36.4 Å². The number of amides is 3. The number of rotatable bonds is 10. The van der Waals surface area contributed by atoms with E-state index in [9.17, 15) is 14.4 Å². The minimum absolute atomic E-state index is 0.0864. The Labute approximate surface area is 232 Å². The van der Waals surface area contributed by atoms with Gasteiger partial charge in [0.1, 0.15) is 4.32 Å². The molecule has 2 heterocycles. The van der Waals surface area contributed by atoms with Crippen LogP contribution in [0.2, 0.25) is 0 Å². The molecule has 0 aliphatic carbocycles. The first-order valence-electron chi connectivity index (χ1n) is 11.5. The third-order valence-electron chi connectivity index (χ3n) is 5.41. The van der Waals surface area contributed by atoms with Gasteiger partial charge in [0.25, 0.3) is 5.91 Å². The topological polar surface area (TPSA) is 126 Å². The van der Waals surface area contributed by atoms with Crippen LogP contribution >= 0.6 is 35.7 Å². The van der Waals surface area contributed by atoms with Crippen LogP contribution in [0.1, 0.15) is 18.4 Å². The van der Waals surface area contributed by atoms with Crippen molar-refractivity contribution in [3.8, 4) is 11.5 Å². The van der Waals surface area contributed by atoms with Gasteiger partial charge >= 0.3 is 0 Å². The number of aromatic amines is 1. The molecule has 1 aliphatic heterocycles. The smallest absolute Gasteiger partial charge is 0.266 e. The quantitative estimate of drug-likeness (QED) is 0.145. The van der Waals surface area contributed by atoms with Gasteiger partial charge in [-0.2, -0.15) is 0 Å². The molecule has 1 aliphatic rings. The molecule has 0 unspecified atom stereocenters. The maximum Gasteiger partial charge on any atom is 0.266 e. The molecule has 0 saturated carbocycles. The first-order valence-corrected chi connectivity index (χ1v) is 13.7. The number of carbonyl (C=O) groups is 3. The number of benzene rings is 2. The van der Waals surface area contributed by atoms with Crippen LogP contribution < -0.4 is 20.3 Å². The highest BCUT2D eigenvalue weighted by molar-refractivity contribution is 8.26. The second-order valence-electron chi connectivity index (χ2n) is 8.00. The second-order valence-corrected chi connectivity index (χ2v) is 10.6. The number of thiocarbonyl (C=S) groups is 1. The average molecular weight is 572 g/mol. The number of methoxy groups -OCH3 is 2. The van der Waals surface area contributed by atoms with E-state index < -0.39 is 0 Å². The van der Waals surface area contributed by atoms with E-state index >= 15 is 0 Å². The number of H-pyrrole nitrogens is 1. The van der Waals surface area contributed by atoms with Crippen molar-refractivity contribution in [2.24, 2.45) is 0 Å². The minimum atomic E-state index is -0.363. The molecule has 2 aromatic carbocycles. The van der Waals surface area contributed by atoms with Crippen LogP contribution in [0.3, 0.4) is 0 Å². The molecule has 3 amide bonds. The van der Waals surface area contributed by atoms with Gasteiger partial charge in [-0.05, 0) is 42.3 Å². The number of nitrogens with one attached hydrogen (secondary N) is 3. The van der Waals surface area contributed by atoms with Crippen LogP contribution in [0.5, 0.6) is 11.5 Å². The number of hydrogen-bond donors (Lipinski definition) is 3.